The van der Waals surface area contributed by atoms with Crippen LogP contribution >= 0.6 is 11.6 Å². The Kier molecular flexibility index (Phi) is 2.59. The zero-order valence-electron chi connectivity index (χ0n) is 9.60. The lowest BCUT2D eigenvalue weighted by molar-refractivity contribution is 0.663. The minimum Gasteiger partial charge on any atom is -0.297 e. The summed E-state index contributed by atoms with van der Waals surface area (Å²) in [5.74, 6) is 0. The highest BCUT2D eigenvalue weighted by Gasteiger charge is 2.16. The standard InChI is InChI=1S/C13H11ClN2O2/c14-9-3-5-10(6-4-9)16-12(17)8-11-2-1-7-15(11)13(16)18/h3-6,8H,1-2,7H2. The lowest BCUT2D eigenvalue weighted by atomic mass is 10.3. The third-order valence-electron chi connectivity index (χ3n) is 3.18. The molecule has 0 fully saturated rings. The van der Waals surface area contributed by atoms with Gasteiger partial charge in [-0.25, -0.2) is 9.36 Å². The van der Waals surface area contributed by atoms with Crippen LogP contribution in [0.2, 0.25) is 5.02 Å². The Morgan fingerprint density at radius 1 is 1.11 bits per heavy atom. The van der Waals surface area contributed by atoms with E-state index in [1.165, 1.54) is 4.57 Å². The molecular formula is C13H11ClN2O2. The van der Waals surface area contributed by atoms with E-state index in [0.29, 0.717) is 17.3 Å². The molecule has 1 aliphatic heterocycles. The van der Waals surface area contributed by atoms with Gasteiger partial charge in [-0.3, -0.25) is 9.36 Å². The summed E-state index contributed by atoms with van der Waals surface area (Å²) in [5, 5.41) is 0.577. The fourth-order valence-corrected chi connectivity index (χ4v) is 2.44. The van der Waals surface area contributed by atoms with Crippen molar-refractivity contribution in [2.24, 2.45) is 0 Å². The summed E-state index contributed by atoms with van der Waals surface area (Å²) in [4.78, 5) is 24.3. The number of nitrogens with zero attached hydrogens (tertiary/aromatic N) is 2. The fraction of sp³-hybridized carbons (Fsp3) is 0.231. The first-order valence-corrected chi connectivity index (χ1v) is 6.16. The van der Waals surface area contributed by atoms with Crippen molar-refractivity contribution in [3.8, 4) is 5.69 Å². The van der Waals surface area contributed by atoms with E-state index in [9.17, 15) is 9.59 Å². The van der Waals surface area contributed by atoms with Crippen LogP contribution in [0.25, 0.3) is 5.69 Å². The van der Waals surface area contributed by atoms with Crippen LogP contribution < -0.4 is 11.2 Å². The average Bonchev–Trinajstić information content (AvgIpc) is 2.80. The molecule has 1 aromatic carbocycles. The van der Waals surface area contributed by atoms with Crippen molar-refractivity contribution in [1.82, 2.24) is 9.13 Å². The number of hydrogen-bond donors (Lipinski definition) is 0. The van der Waals surface area contributed by atoms with Gasteiger partial charge in [0.25, 0.3) is 5.56 Å². The van der Waals surface area contributed by atoms with E-state index >= 15 is 0 Å². The van der Waals surface area contributed by atoms with Gasteiger partial charge in [-0.1, -0.05) is 11.6 Å². The highest BCUT2D eigenvalue weighted by atomic mass is 35.5. The molecule has 0 saturated heterocycles. The number of benzene rings is 1. The number of rotatable bonds is 1. The Morgan fingerprint density at radius 2 is 1.83 bits per heavy atom. The number of halogens is 1. The van der Waals surface area contributed by atoms with Gasteiger partial charge in [0.2, 0.25) is 0 Å². The molecule has 0 aliphatic carbocycles. The van der Waals surface area contributed by atoms with Crippen molar-refractivity contribution in [3.05, 3.63) is 61.9 Å². The quantitative estimate of drug-likeness (QED) is 0.784. The highest BCUT2D eigenvalue weighted by molar-refractivity contribution is 6.30. The van der Waals surface area contributed by atoms with Crippen LogP contribution in [0.15, 0.2) is 39.9 Å². The Labute approximate surface area is 108 Å². The lowest BCUT2D eigenvalue weighted by Crippen LogP contribution is -2.38. The summed E-state index contributed by atoms with van der Waals surface area (Å²) in [5.41, 5.74) is 0.833. The Bertz CT molecular complexity index is 713. The van der Waals surface area contributed by atoms with Crippen molar-refractivity contribution < 1.29 is 0 Å². The second-order valence-corrected chi connectivity index (χ2v) is 4.76. The van der Waals surface area contributed by atoms with Crippen LogP contribution in [0.5, 0.6) is 0 Å². The van der Waals surface area contributed by atoms with Gasteiger partial charge in [0, 0.05) is 23.3 Å². The van der Waals surface area contributed by atoms with Crippen molar-refractivity contribution in [2.45, 2.75) is 19.4 Å². The van der Waals surface area contributed by atoms with E-state index in [0.717, 1.165) is 18.5 Å². The molecule has 3 rings (SSSR count). The van der Waals surface area contributed by atoms with E-state index in [4.69, 9.17) is 11.6 Å². The molecule has 4 nitrogen and oxygen atoms in total. The number of hydrogen-bond acceptors (Lipinski definition) is 2. The first-order valence-electron chi connectivity index (χ1n) is 5.78. The summed E-state index contributed by atoms with van der Waals surface area (Å²) in [6.45, 7) is 0.683. The lowest BCUT2D eigenvalue weighted by Gasteiger charge is -2.08. The average molecular weight is 263 g/mol. The van der Waals surface area contributed by atoms with E-state index in [1.807, 2.05) is 0 Å². The van der Waals surface area contributed by atoms with Crippen LogP contribution in [0.4, 0.5) is 0 Å². The maximum Gasteiger partial charge on any atom is 0.335 e. The third kappa shape index (κ3) is 1.69. The molecule has 2 heterocycles. The first kappa shape index (κ1) is 11.3. The zero-order chi connectivity index (χ0) is 12.7. The molecular weight excluding hydrogens is 252 g/mol. The molecule has 0 saturated carbocycles. The summed E-state index contributed by atoms with van der Waals surface area (Å²) in [7, 11) is 0. The minimum absolute atomic E-state index is 0.266. The molecule has 0 amide bonds. The predicted octanol–water partition coefficient (Wildman–Crippen LogP) is 1.60. The molecule has 2 aromatic rings. The molecule has 0 unspecified atom stereocenters. The van der Waals surface area contributed by atoms with Gasteiger partial charge in [-0.05, 0) is 37.1 Å². The van der Waals surface area contributed by atoms with Crippen LogP contribution in [-0.4, -0.2) is 9.13 Å². The molecule has 0 bridgehead atoms. The van der Waals surface area contributed by atoms with Gasteiger partial charge in [0.15, 0.2) is 0 Å². The van der Waals surface area contributed by atoms with E-state index in [-0.39, 0.29) is 11.2 Å². The minimum atomic E-state index is -0.282. The van der Waals surface area contributed by atoms with Crippen LogP contribution in [0.3, 0.4) is 0 Å². The molecule has 0 radical (unpaired) electrons. The van der Waals surface area contributed by atoms with E-state index < -0.39 is 0 Å². The summed E-state index contributed by atoms with van der Waals surface area (Å²) >= 11 is 5.80. The Hall–Kier alpha value is -1.81. The number of fused-ring (bicyclic) bond motifs is 1. The smallest absolute Gasteiger partial charge is 0.297 e. The molecule has 0 atom stereocenters. The number of aryl methyl sites for hydroxylation is 1. The maximum absolute atomic E-state index is 12.3. The zero-order valence-corrected chi connectivity index (χ0v) is 10.4. The molecule has 1 aromatic heterocycles. The molecule has 92 valence electrons. The second kappa shape index (κ2) is 4.14. The highest BCUT2D eigenvalue weighted by Crippen LogP contribution is 2.13. The van der Waals surface area contributed by atoms with Crippen LogP contribution in [0, 0.1) is 0 Å². The fourth-order valence-electron chi connectivity index (χ4n) is 2.32. The summed E-state index contributed by atoms with van der Waals surface area (Å²) < 4.78 is 2.85. The van der Waals surface area contributed by atoms with Gasteiger partial charge in [-0.15, -0.1) is 0 Å². The Morgan fingerprint density at radius 3 is 2.56 bits per heavy atom. The van der Waals surface area contributed by atoms with Gasteiger partial charge < -0.3 is 0 Å². The SMILES string of the molecule is O=c1cc2n(c(=O)n1-c1ccc(Cl)cc1)CCC2. The predicted molar refractivity (Wildman–Crippen MR) is 69.6 cm³/mol. The largest absolute Gasteiger partial charge is 0.335 e. The molecule has 0 N–H and O–H groups in total. The van der Waals surface area contributed by atoms with Crippen molar-refractivity contribution in [1.29, 1.82) is 0 Å². The van der Waals surface area contributed by atoms with Gasteiger partial charge in [0.05, 0.1) is 5.69 Å². The van der Waals surface area contributed by atoms with Crippen LogP contribution in [0.1, 0.15) is 12.1 Å². The van der Waals surface area contributed by atoms with Crippen LogP contribution in [-0.2, 0) is 13.0 Å². The molecule has 5 heteroatoms. The van der Waals surface area contributed by atoms with E-state index in [2.05, 4.69) is 0 Å². The molecule has 1 aliphatic rings. The topological polar surface area (TPSA) is 44.0 Å². The third-order valence-corrected chi connectivity index (χ3v) is 3.43. The molecule has 18 heavy (non-hydrogen) atoms. The van der Waals surface area contributed by atoms with E-state index in [1.54, 1.807) is 34.9 Å². The van der Waals surface area contributed by atoms with Crippen molar-refractivity contribution in [3.63, 3.8) is 0 Å². The maximum atomic E-state index is 12.3. The molecule has 0 spiro atoms. The van der Waals surface area contributed by atoms with Gasteiger partial charge in [0.1, 0.15) is 0 Å². The monoisotopic (exact) mass is 262 g/mol. The normalized spacial score (nSPS) is 13.6. The Balaban J connectivity index is 2.27. The number of aromatic nitrogens is 2. The van der Waals surface area contributed by atoms with Crippen molar-refractivity contribution >= 4 is 11.6 Å². The first-order chi connectivity index (χ1) is 8.66. The van der Waals surface area contributed by atoms with Gasteiger partial charge >= 0.3 is 5.69 Å². The summed E-state index contributed by atoms with van der Waals surface area (Å²) in [6.07, 6.45) is 1.71. The van der Waals surface area contributed by atoms with Gasteiger partial charge in [-0.2, -0.15) is 0 Å². The second-order valence-electron chi connectivity index (χ2n) is 4.32. The summed E-state index contributed by atoms with van der Waals surface area (Å²) in [6, 6.07) is 8.23. The van der Waals surface area contributed by atoms with Crippen molar-refractivity contribution in [2.75, 3.05) is 0 Å².